The van der Waals surface area contributed by atoms with E-state index in [1.54, 1.807) is 23.7 Å². The highest BCUT2D eigenvalue weighted by atomic mass is 79.9. The topological polar surface area (TPSA) is 63.8 Å². The van der Waals surface area contributed by atoms with Gasteiger partial charge in [-0.15, -0.1) is 11.3 Å². The zero-order chi connectivity index (χ0) is 13.9. The van der Waals surface area contributed by atoms with E-state index in [-0.39, 0.29) is 6.04 Å². The molecule has 0 fully saturated rings. The van der Waals surface area contributed by atoms with E-state index in [1.165, 1.54) is 4.88 Å². The molecule has 0 saturated heterocycles. The molecule has 2 aromatic heterocycles. The Hall–Kier alpha value is -1.34. The quantitative estimate of drug-likeness (QED) is 0.561. The number of hydrogen-bond donors (Lipinski definition) is 2. The Morgan fingerprint density at radius 1 is 1.20 bits per heavy atom. The molecule has 0 amide bonds. The SMILES string of the molecule is NNC(Cc1cc(Br)cs1)c1ccc2nccnc2c1. The second-order valence-corrected chi connectivity index (χ2v) is 6.37. The largest absolute Gasteiger partial charge is 0.271 e. The third kappa shape index (κ3) is 2.88. The number of thiophene rings is 1. The minimum absolute atomic E-state index is 0.0620. The van der Waals surface area contributed by atoms with E-state index in [1.807, 2.05) is 18.2 Å². The lowest BCUT2D eigenvalue weighted by Crippen LogP contribution is -2.29. The fraction of sp³-hybridized carbons (Fsp3) is 0.143. The van der Waals surface area contributed by atoms with Crippen LogP contribution in [0.5, 0.6) is 0 Å². The fourth-order valence-electron chi connectivity index (χ4n) is 2.13. The van der Waals surface area contributed by atoms with E-state index in [9.17, 15) is 0 Å². The van der Waals surface area contributed by atoms with Crippen LogP contribution in [0.15, 0.2) is 46.5 Å². The third-order valence-corrected chi connectivity index (χ3v) is 4.84. The van der Waals surface area contributed by atoms with Gasteiger partial charge in [0.1, 0.15) is 0 Å². The fourth-order valence-corrected chi connectivity index (χ4v) is 3.63. The summed E-state index contributed by atoms with van der Waals surface area (Å²) >= 11 is 5.19. The lowest BCUT2D eigenvalue weighted by Gasteiger charge is -2.15. The van der Waals surface area contributed by atoms with E-state index < -0.39 is 0 Å². The van der Waals surface area contributed by atoms with E-state index in [2.05, 4.69) is 42.8 Å². The Bertz CT molecular complexity index is 728. The number of nitrogens with two attached hydrogens (primary N) is 1. The smallest absolute Gasteiger partial charge is 0.0890 e. The van der Waals surface area contributed by atoms with Crippen LogP contribution in [0.4, 0.5) is 0 Å². The van der Waals surface area contributed by atoms with Crippen LogP contribution >= 0.6 is 27.3 Å². The monoisotopic (exact) mass is 348 g/mol. The van der Waals surface area contributed by atoms with Crippen LogP contribution in [0.2, 0.25) is 0 Å². The number of benzene rings is 1. The van der Waals surface area contributed by atoms with Gasteiger partial charge in [0, 0.05) is 33.5 Å². The molecular formula is C14H13BrN4S. The average molecular weight is 349 g/mol. The van der Waals surface area contributed by atoms with Gasteiger partial charge < -0.3 is 0 Å². The molecule has 0 aliphatic carbocycles. The number of nitrogens with zero attached hydrogens (tertiary/aromatic N) is 2. The second-order valence-electron chi connectivity index (χ2n) is 4.46. The van der Waals surface area contributed by atoms with Gasteiger partial charge in [-0.05, 0) is 39.7 Å². The third-order valence-electron chi connectivity index (χ3n) is 3.12. The van der Waals surface area contributed by atoms with Crippen molar-refractivity contribution in [2.75, 3.05) is 0 Å². The Morgan fingerprint density at radius 3 is 2.70 bits per heavy atom. The molecule has 6 heteroatoms. The molecule has 0 saturated carbocycles. The Kier molecular flexibility index (Phi) is 4.07. The first-order chi connectivity index (χ1) is 9.76. The number of halogens is 1. The number of fused-ring (bicyclic) bond motifs is 1. The number of nitrogens with one attached hydrogen (secondary N) is 1. The van der Waals surface area contributed by atoms with Crippen molar-refractivity contribution in [2.24, 2.45) is 5.84 Å². The van der Waals surface area contributed by atoms with Crippen LogP contribution in [-0.2, 0) is 6.42 Å². The van der Waals surface area contributed by atoms with Gasteiger partial charge in [0.05, 0.1) is 17.1 Å². The van der Waals surface area contributed by atoms with Gasteiger partial charge in [0.25, 0.3) is 0 Å². The lowest BCUT2D eigenvalue weighted by atomic mass is 10.0. The van der Waals surface area contributed by atoms with Crippen LogP contribution in [0.1, 0.15) is 16.5 Å². The summed E-state index contributed by atoms with van der Waals surface area (Å²) in [5.41, 5.74) is 5.78. The van der Waals surface area contributed by atoms with Crippen molar-refractivity contribution < 1.29 is 0 Å². The molecule has 3 aromatic rings. The van der Waals surface area contributed by atoms with Crippen LogP contribution < -0.4 is 11.3 Å². The molecule has 0 spiro atoms. The molecular weight excluding hydrogens is 336 g/mol. The standard InChI is InChI=1S/C14H13BrN4S/c15-10-6-11(20-8-10)7-13(19-16)9-1-2-12-14(5-9)18-4-3-17-12/h1-6,8,13,19H,7,16H2. The van der Waals surface area contributed by atoms with Crippen molar-refractivity contribution in [3.8, 4) is 0 Å². The molecule has 1 aromatic carbocycles. The average Bonchev–Trinajstić information content (AvgIpc) is 2.89. The van der Waals surface area contributed by atoms with Gasteiger partial charge in [-0.1, -0.05) is 6.07 Å². The molecule has 0 aliphatic rings. The van der Waals surface area contributed by atoms with Crippen molar-refractivity contribution in [1.29, 1.82) is 0 Å². The molecule has 102 valence electrons. The van der Waals surface area contributed by atoms with Gasteiger partial charge in [-0.3, -0.25) is 21.2 Å². The minimum atomic E-state index is 0.0620. The van der Waals surface area contributed by atoms with Crippen molar-refractivity contribution in [3.05, 3.63) is 57.0 Å². The first-order valence-corrected chi connectivity index (χ1v) is 7.83. The summed E-state index contributed by atoms with van der Waals surface area (Å²) in [4.78, 5) is 9.89. The highest BCUT2D eigenvalue weighted by Crippen LogP contribution is 2.26. The number of hydrogen-bond acceptors (Lipinski definition) is 5. The molecule has 0 aliphatic heterocycles. The van der Waals surface area contributed by atoms with Gasteiger partial charge in [-0.25, -0.2) is 0 Å². The highest BCUT2D eigenvalue weighted by Gasteiger charge is 2.13. The van der Waals surface area contributed by atoms with E-state index in [0.29, 0.717) is 0 Å². The van der Waals surface area contributed by atoms with Crippen molar-refractivity contribution >= 4 is 38.3 Å². The Labute approximate surface area is 129 Å². The van der Waals surface area contributed by atoms with Crippen LogP contribution in [0.25, 0.3) is 11.0 Å². The zero-order valence-electron chi connectivity index (χ0n) is 10.6. The Balaban J connectivity index is 1.90. The summed E-state index contributed by atoms with van der Waals surface area (Å²) in [5.74, 6) is 5.71. The molecule has 1 unspecified atom stereocenters. The highest BCUT2D eigenvalue weighted by molar-refractivity contribution is 9.10. The maximum atomic E-state index is 5.71. The van der Waals surface area contributed by atoms with E-state index in [0.717, 1.165) is 27.5 Å². The predicted octanol–water partition coefficient (Wildman–Crippen LogP) is 3.20. The first kappa shape index (κ1) is 13.6. The van der Waals surface area contributed by atoms with Crippen LogP contribution in [0.3, 0.4) is 0 Å². The number of hydrazine groups is 1. The second kappa shape index (κ2) is 5.97. The maximum absolute atomic E-state index is 5.71. The van der Waals surface area contributed by atoms with Crippen LogP contribution in [0, 0.1) is 0 Å². The van der Waals surface area contributed by atoms with Crippen molar-refractivity contribution in [1.82, 2.24) is 15.4 Å². The molecule has 1 atom stereocenters. The van der Waals surface area contributed by atoms with Gasteiger partial charge in [0.15, 0.2) is 0 Å². The summed E-state index contributed by atoms with van der Waals surface area (Å²) < 4.78 is 1.11. The predicted molar refractivity (Wildman–Crippen MR) is 85.3 cm³/mol. The molecule has 2 heterocycles. The summed E-state index contributed by atoms with van der Waals surface area (Å²) in [6.07, 6.45) is 4.25. The molecule has 0 bridgehead atoms. The van der Waals surface area contributed by atoms with E-state index in [4.69, 9.17) is 5.84 Å². The molecule has 4 nitrogen and oxygen atoms in total. The van der Waals surface area contributed by atoms with Crippen molar-refractivity contribution in [2.45, 2.75) is 12.5 Å². The molecule has 20 heavy (non-hydrogen) atoms. The Morgan fingerprint density at radius 2 is 2.00 bits per heavy atom. The molecule has 3 rings (SSSR count). The summed E-state index contributed by atoms with van der Waals surface area (Å²) in [5, 5.41) is 2.08. The summed E-state index contributed by atoms with van der Waals surface area (Å²) in [6.45, 7) is 0. The minimum Gasteiger partial charge on any atom is -0.271 e. The van der Waals surface area contributed by atoms with Crippen molar-refractivity contribution in [3.63, 3.8) is 0 Å². The molecule has 0 radical (unpaired) electrons. The first-order valence-electron chi connectivity index (χ1n) is 6.16. The number of aromatic nitrogens is 2. The lowest BCUT2D eigenvalue weighted by molar-refractivity contribution is 0.556. The van der Waals surface area contributed by atoms with Gasteiger partial charge in [-0.2, -0.15) is 0 Å². The van der Waals surface area contributed by atoms with Gasteiger partial charge in [0.2, 0.25) is 0 Å². The van der Waals surface area contributed by atoms with E-state index >= 15 is 0 Å². The number of rotatable bonds is 4. The normalized spacial score (nSPS) is 12.7. The molecule has 3 N–H and O–H groups in total. The summed E-state index contributed by atoms with van der Waals surface area (Å²) in [7, 11) is 0. The van der Waals surface area contributed by atoms with Crippen LogP contribution in [-0.4, -0.2) is 9.97 Å². The zero-order valence-corrected chi connectivity index (χ0v) is 13.0. The van der Waals surface area contributed by atoms with Gasteiger partial charge >= 0.3 is 0 Å². The summed E-state index contributed by atoms with van der Waals surface area (Å²) in [6, 6.07) is 8.24. The maximum Gasteiger partial charge on any atom is 0.0890 e.